The van der Waals surface area contributed by atoms with Gasteiger partial charge in [-0.05, 0) is 37.0 Å². The van der Waals surface area contributed by atoms with Gasteiger partial charge in [-0.15, -0.1) is 12.4 Å². The molecule has 108 valence electrons. The van der Waals surface area contributed by atoms with Crippen LogP contribution in [-0.4, -0.2) is 22.9 Å². The molecular weight excluding hydrogens is 282 g/mol. The number of hydrogen-bond donors (Lipinski definition) is 2. The van der Waals surface area contributed by atoms with Crippen molar-refractivity contribution < 1.29 is 4.79 Å². The number of hydrogen-bond acceptors (Lipinski definition) is 4. The largest absolute Gasteiger partial charge is 0.315 e. The number of piperidine rings is 1. The van der Waals surface area contributed by atoms with E-state index in [0.29, 0.717) is 0 Å². The van der Waals surface area contributed by atoms with Crippen LogP contribution >= 0.6 is 23.9 Å². The molecule has 0 spiro atoms. The first-order chi connectivity index (χ1) is 8.47. The molecule has 6 heteroatoms. The predicted molar refractivity (Wildman–Crippen MR) is 82.3 cm³/mol. The third-order valence-corrected chi connectivity index (χ3v) is 3.86. The lowest BCUT2D eigenvalue weighted by Gasteiger charge is -2.22. The van der Waals surface area contributed by atoms with Gasteiger partial charge in [0.15, 0.2) is 0 Å². The Bertz CT molecular complexity index is 422. The van der Waals surface area contributed by atoms with Crippen LogP contribution in [0.1, 0.15) is 45.7 Å². The van der Waals surface area contributed by atoms with Crippen LogP contribution < -0.4 is 10.6 Å². The number of rotatable bonds is 2. The average Bonchev–Trinajstić information content (AvgIpc) is 2.78. The minimum Gasteiger partial charge on any atom is -0.315 e. The highest BCUT2D eigenvalue weighted by atomic mass is 35.5. The van der Waals surface area contributed by atoms with Crippen LogP contribution in [0.3, 0.4) is 0 Å². The molecule has 2 N–H and O–H groups in total. The van der Waals surface area contributed by atoms with Crippen molar-refractivity contribution in [1.29, 1.82) is 0 Å². The van der Waals surface area contributed by atoms with E-state index in [2.05, 4.69) is 35.8 Å². The second kappa shape index (κ2) is 6.68. The monoisotopic (exact) mass is 303 g/mol. The second-order valence-corrected chi connectivity index (χ2v) is 6.62. The molecule has 1 atom stereocenters. The highest BCUT2D eigenvalue weighted by Gasteiger charge is 2.22. The van der Waals surface area contributed by atoms with E-state index >= 15 is 0 Å². The number of amides is 1. The van der Waals surface area contributed by atoms with Crippen LogP contribution in [0, 0.1) is 0 Å². The van der Waals surface area contributed by atoms with Gasteiger partial charge in [0.2, 0.25) is 5.91 Å². The van der Waals surface area contributed by atoms with Crippen LogP contribution in [0.15, 0.2) is 6.07 Å². The molecule has 1 aromatic heterocycles. The highest BCUT2D eigenvalue weighted by molar-refractivity contribution is 7.10. The van der Waals surface area contributed by atoms with E-state index in [1.165, 1.54) is 18.0 Å². The normalized spacial score (nSPS) is 19.6. The number of carbonyl (C=O) groups is 1. The second-order valence-electron chi connectivity index (χ2n) is 5.82. The molecule has 19 heavy (non-hydrogen) atoms. The molecule has 2 rings (SSSR count). The molecule has 1 aliphatic heterocycles. The molecule has 0 aliphatic carbocycles. The fourth-order valence-corrected chi connectivity index (χ4v) is 2.81. The molecule has 0 bridgehead atoms. The fourth-order valence-electron chi connectivity index (χ4n) is 1.97. The molecule has 1 saturated heterocycles. The van der Waals surface area contributed by atoms with Crippen molar-refractivity contribution in [1.82, 2.24) is 9.69 Å². The van der Waals surface area contributed by atoms with E-state index in [0.717, 1.165) is 30.1 Å². The van der Waals surface area contributed by atoms with Crippen molar-refractivity contribution in [2.45, 2.75) is 51.5 Å². The summed E-state index contributed by atoms with van der Waals surface area (Å²) >= 11 is 1.36. The number of aromatic nitrogens is 1. The Kier molecular flexibility index (Phi) is 5.77. The summed E-state index contributed by atoms with van der Waals surface area (Å²) in [7, 11) is 0. The first-order valence-electron chi connectivity index (χ1n) is 6.48. The van der Waals surface area contributed by atoms with Gasteiger partial charge in [0, 0.05) is 5.41 Å². The summed E-state index contributed by atoms with van der Waals surface area (Å²) in [6.07, 6.45) is 3.22. The maximum Gasteiger partial charge on any atom is 0.242 e. The lowest BCUT2D eigenvalue weighted by molar-refractivity contribution is -0.118. The molecule has 1 amide bonds. The number of nitrogens with one attached hydrogen (secondary N) is 2. The maximum absolute atomic E-state index is 12.0. The first-order valence-corrected chi connectivity index (χ1v) is 7.25. The van der Waals surface area contributed by atoms with Gasteiger partial charge in [-0.2, -0.15) is 4.37 Å². The summed E-state index contributed by atoms with van der Waals surface area (Å²) in [5.41, 5.74) is 1.06. The van der Waals surface area contributed by atoms with Crippen molar-refractivity contribution in [2.75, 3.05) is 11.9 Å². The van der Waals surface area contributed by atoms with E-state index in [1.807, 2.05) is 6.07 Å². The summed E-state index contributed by atoms with van der Waals surface area (Å²) in [5, 5.41) is 7.05. The third-order valence-electron chi connectivity index (χ3n) is 3.15. The lowest BCUT2D eigenvalue weighted by Crippen LogP contribution is -2.43. The van der Waals surface area contributed by atoms with E-state index in [4.69, 9.17) is 0 Å². The summed E-state index contributed by atoms with van der Waals surface area (Å²) in [6, 6.07) is 1.93. The molecule has 0 radical (unpaired) electrons. The van der Waals surface area contributed by atoms with Crippen LogP contribution in [-0.2, 0) is 10.2 Å². The zero-order valence-electron chi connectivity index (χ0n) is 11.7. The molecule has 1 aliphatic rings. The van der Waals surface area contributed by atoms with Crippen LogP contribution in [0.5, 0.6) is 0 Å². The van der Waals surface area contributed by atoms with Gasteiger partial charge in [-0.1, -0.05) is 27.2 Å². The molecule has 1 aromatic rings. The number of nitrogens with zero attached hydrogens (tertiary/aromatic N) is 1. The van der Waals surface area contributed by atoms with Gasteiger partial charge in [0.25, 0.3) is 0 Å². The van der Waals surface area contributed by atoms with Crippen LogP contribution in [0.25, 0.3) is 0 Å². The van der Waals surface area contributed by atoms with Crippen molar-refractivity contribution in [3.05, 3.63) is 11.8 Å². The molecule has 4 nitrogen and oxygen atoms in total. The Morgan fingerprint density at radius 3 is 2.74 bits per heavy atom. The van der Waals surface area contributed by atoms with E-state index in [-0.39, 0.29) is 29.8 Å². The maximum atomic E-state index is 12.0. The topological polar surface area (TPSA) is 54.0 Å². The zero-order valence-corrected chi connectivity index (χ0v) is 13.3. The van der Waals surface area contributed by atoms with Gasteiger partial charge in [-0.25, -0.2) is 0 Å². The summed E-state index contributed by atoms with van der Waals surface area (Å²) in [6.45, 7) is 7.30. The van der Waals surface area contributed by atoms with Crippen molar-refractivity contribution in [2.24, 2.45) is 0 Å². The SMILES string of the molecule is CC(C)(C)c1cc(NC(=O)[C@@H]2CCCCN2)sn1.Cl. The van der Waals surface area contributed by atoms with Crippen molar-refractivity contribution in [3.63, 3.8) is 0 Å². The zero-order chi connectivity index (χ0) is 13.2. The lowest BCUT2D eigenvalue weighted by atomic mass is 9.92. The minimum absolute atomic E-state index is 0. The smallest absolute Gasteiger partial charge is 0.242 e. The van der Waals surface area contributed by atoms with E-state index in [9.17, 15) is 4.79 Å². The fraction of sp³-hybridized carbons (Fsp3) is 0.692. The number of carbonyl (C=O) groups excluding carboxylic acids is 1. The van der Waals surface area contributed by atoms with Gasteiger partial charge in [0.05, 0.1) is 11.7 Å². The van der Waals surface area contributed by atoms with Crippen LogP contribution in [0.4, 0.5) is 5.00 Å². The Labute approximate surface area is 124 Å². The van der Waals surface area contributed by atoms with Crippen molar-refractivity contribution in [3.8, 4) is 0 Å². The first kappa shape index (κ1) is 16.4. The predicted octanol–water partition coefficient (Wildman–Crippen LogP) is 2.94. The molecule has 0 aromatic carbocycles. The number of halogens is 1. The van der Waals surface area contributed by atoms with E-state index in [1.54, 1.807) is 0 Å². The van der Waals surface area contributed by atoms with Gasteiger partial charge < -0.3 is 10.6 Å². The molecule has 2 heterocycles. The average molecular weight is 304 g/mol. The quantitative estimate of drug-likeness (QED) is 0.883. The summed E-state index contributed by atoms with van der Waals surface area (Å²) in [5.74, 6) is 0.0683. The Balaban J connectivity index is 0.00000180. The highest BCUT2D eigenvalue weighted by Crippen LogP contribution is 2.27. The minimum atomic E-state index is -0.0427. The third kappa shape index (κ3) is 4.44. The van der Waals surface area contributed by atoms with Gasteiger partial charge >= 0.3 is 0 Å². The van der Waals surface area contributed by atoms with Crippen LogP contribution in [0.2, 0.25) is 0 Å². The standard InChI is InChI=1S/C13H21N3OS.ClH/c1-13(2,3)10-8-11(18-16-10)15-12(17)9-6-4-5-7-14-9;/h8-9,14H,4-7H2,1-3H3,(H,15,17);1H/t9-;/m0./s1. The molecule has 0 unspecified atom stereocenters. The van der Waals surface area contributed by atoms with E-state index < -0.39 is 0 Å². The molecule has 1 fully saturated rings. The Hall–Kier alpha value is -0.650. The van der Waals surface area contributed by atoms with Gasteiger partial charge in [0.1, 0.15) is 5.00 Å². The number of anilines is 1. The Morgan fingerprint density at radius 2 is 2.21 bits per heavy atom. The van der Waals surface area contributed by atoms with Gasteiger partial charge in [-0.3, -0.25) is 4.79 Å². The molecular formula is C13H22ClN3OS. The summed E-state index contributed by atoms with van der Waals surface area (Å²) < 4.78 is 4.39. The summed E-state index contributed by atoms with van der Waals surface area (Å²) in [4.78, 5) is 12.0. The molecule has 0 saturated carbocycles. The van der Waals surface area contributed by atoms with Crippen molar-refractivity contribution >= 4 is 34.8 Å². The Morgan fingerprint density at radius 1 is 1.47 bits per heavy atom.